The normalized spacial score (nSPS) is 37.0. The quantitative estimate of drug-likeness (QED) is 0.798. The lowest BCUT2D eigenvalue weighted by Gasteiger charge is -2.40. The summed E-state index contributed by atoms with van der Waals surface area (Å²) in [7, 11) is 2.17. The molecule has 2 heteroatoms. The number of piperidine rings is 1. The van der Waals surface area contributed by atoms with Gasteiger partial charge < -0.3 is 10.6 Å². The zero-order valence-corrected chi connectivity index (χ0v) is 11.5. The molecule has 0 aromatic carbocycles. The third-order valence-electron chi connectivity index (χ3n) is 5.18. The second-order valence-corrected chi connectivity index (χ2v) is 6.27. The van der Waals surface area contributed by atoms with Gasteiger partial charge in [-0.3, -0.25) is 0 Å². The van der Waals surface area contributed by atoms with E-state index in [0.717, 1.165) is 17.8 Å². The molecule has 2 rings (SSSR count). The molecule has 17 heavy (non-hydrogen) atoms. The molecule has 1 aliphatic carbocycles. The zero-order chi connectivity index (χ0) is 12.4. The van der Waals surface area contributed by atoms with E-state index < -0.39 is 0 Å². The average molecular weight is 236 g/mol. The summed E-state index contributed by atoms with van der Waals surface area (Å²) >= 11 is 0. The van der Waals surface area contributed by atoms with Crippen molar-refractivity contribution in [2.75, 3.05) is 13.6 Å². The van der Waals surface area contributed by atoms with Crippen molar-refractivity contribution in [1.29, 1.82) is 0 Å². The molecule has 0 bridgehead atoms. The molecule has 1 saturated carbocycles. The van der Waals surface area contributed by atoms with E-state index in [1.165, 1.54) is 50.8 Å². The Bertz CT molecular complexity index is 266. The van der Waals surface area contributed by atoms with Gasteiger partial charge in [-0.05, 0) is 56.3 Å². The molecule has 1 aliphatic heterocycles. The maximum absolute atomic E-state index is 6.00. The summed E-state index contributed by atoms with van der Waals surface area (Å²) in [6.07, 6.45) is 7.73. The monoisotopic (exact) mass is 236 g/mol. The largest absolute Gasteiger partial charge is 0.378 e. The molecule has 0 spiro atoms. The van der Waals surface area contributed by atoms with Crippen LogP contribution < -0.4 is 5.73 Å². The van der Waals surface area contributed by atoms with Crippen LogP contribution in [0, 0.1) is 17.8 Å². The van der Waals surface area contributed by atoms with Gasteiger partial charge in [-0.25, -0.2) is 0 Å². The van der Waals surface area contributed by atoms with Gasteiger partial charge in [-0.2, -0.15) is 0 Å². The number of rotatable bonds is 2. The van der Waals surface area contributed by atoms with Crippen LogP contribution in [0.4, 0.5) is 0 Å². The van der Waals surface area contributed by atoms with Crippen LogP contribution in [-0.4, -0.2) is 24.5 Å². The van der Waals surface area contributed by atoms with Gasteiger partial charge in [0.1, 0.15) is 0 Å². The topological polar surface area (TPSA) is 29.3 Å². The summed E-state index contributed by atoms with van der Waals surface area (Å²) < 4.78 is 0. The van der Waals surface area contributed by atoms with E-state index in [4.69, 9.17) is 5.73 Å². The highest BCUT2D eigenvalue weighted by Crippen LogP contribution is 2.38. The second-order valence-electron chi connectivity index (χ2n) is 6.27. The van der Waals surface area contributed by atoms with Crippen LogP contribution in [0.25, 0.3) is 0 Å². The summed E-state index contributed by atoms with van der Waals surface area (Å²) in [5.41, 5.74) is 7.33. The van der Waals surface area contributed by atoms with Gasteiger partial charge in [-0.15, -0.1) is 0 Å². The molecule has 0 radical (unpaired) electrons. The first-order valence-corrected chi connectivity index (χ1v) is 7.22. The Hall–Kier alpha value is -0.500. The Morgan fingerprint density at radius 1 is 1.18 bits per heavy atom. The summed E-state index contributed by atoms with van der Waals surface area (Å²) in [4.78, 5) is 2.32. The van der Waals surface area contributed by atoms with Crippen LogP contribution in [0.1, 0.15) is 45.4 Å². The van der Waals surface area contributed by atoms with Gasteiger partial charge in [0, 0.05) is 25.3 Å². The maximum Gasteiger partial charge on any atom is 0.0174 e. The minimum absolute atomic E-state index is 0.478. The number of hydrogen-bond donors (Lipinski definition) is 1. The van der Waals surface area contributed by atoms with E-state index in [0.29, 0.717) is 6.04 Å². The van der Waals surface area contributed by atoms with Gasteiger partial charge in [0.25, 0.3) is 0 Å². The highest BCUT2D eigenvalue weighted by Gasteiger charge is 2.31. The summed E-state index contributed by atoms with van der Waals surface area (Å²) in [5.74, 6) is 2.63. The molecule has 98 valence electrons. The molecule has 2 atom stereocenters. The van der Waals surface area contributed by atoms with Crippen molar-refractivity contribution in [3.8, 4) is 0 Å². The smallest absolute Gasteiger partial charge is 0.0174 e. The Morgan fingerprint density at radius 3 is 2.41 bits per heavy atom. The summed E-state index contributed by atoms with van der Waals surface area (Å²) in [6, 6.07) is 0.478. The molecule has 1 heterocycles. The molecular formula is C15H28N2. The van der Waals surface area contributed by atoms with Gasteiger partial charge in [0.05, 0.1) is 0 Å². The van der Waals surface area contributed by atoms with Crippen molar-refractivity contribution in [2.45, 2.75) is 51.5 Å². The van der Waals surface area contributed by atoms with Gasteiger partial charge in [0.2, 0.25) is 0 Å². The maximum atomic E-state index is 6.00. The first kappa shape index (κ1) is 12.9. The fraction of sp³-hybridized carbons (Fsp3) is 0.867. The Labute approximate surface area is 106 Å². The van der Waals surface area contributed by atoms with Gasteiger partial charge >= 0.3 is 0 Å². The lowest BCUT2D eigenvalue weighted by Crippen LogP contribution is -2.35. The van der Waals surface area contributed by atoms with Crippen molar-refractivity contribution < 1.29 is 0 Å². The Kier molecular flexibility index (Phi) is 4.13. The van der Waals surface area contributed by atoms with Gasteiger partial charge in [0.15, 0.2) is 0 Å². The first-order valence-electron chi connectivity index (χ1n) is 7.22. The van der Waals surface area contributed by atoms with Crippen molar-refractivity contribution in [2.24, 2.45) is 23.5 Å². The van der Waals surface area contributed by atoms with E-state index in [-0.39, 0.29) is 0 Å². The van der Waals surface area contributed by atoms with Gasteiger partial charge in [-0.1, -0.05) is 13.5 Å². The molecular weight excluding hydrogens is 208 g/mol. The predicted molar refractivity (Wildman–Crippen MR) is 73.6 cm³/mol. The lowest BCUT2D eigenvalue weighted by atomic mass is 9.71. The molecule has 2 aliphatic rings. The average Bonchev–Trinajstić information content (AvgIpc) is 2.33. The van der Waals surface area contributed by atoms with Crippen LogP contribution in [-0.2, 0) is 0 Å². The Morgan fingerprint density at radius 2 is 1.82 bits per heavy atom. The molecule has 2 fully saturated rings. The molecule has 0 aromatic rings. The van der Waals surface area contributed by atoms with Crippen molar-refractivity contribution in [3.63, 3.8) is 0 Å². The fourth-order valence-electron chi connectivity index (χ4n) is 3.58. The number of likely N-dealkylation sites (tertiary alicyclic amines) is 1. The van der Waals surface area contributed by atoms with Crippen LogP contribution in [0.5, 0.6) is 0 Å². The SMILES string of the molecule is C=C1CC(C(C)C2CCC(N)CC2)CCN1C. The molecule has 0 aromatic heterocycles. The minimum atomic E-state index is 0.478. The van der Waals surface area contributed by atoms with E-state index in [1.807, 2.05) is 0 Å². The fourth-order valence-corrected chi connectivity index (χ4v) is 3.58. The van der Waals surface area contributed by atoms with E-state index in [1.54, 1.807) is 0 Å². The van der Waals surface area contributed by atoms with Crippen molar-refractivity contribution in [3.05, 3.63) is 12.3 Å². The summed E-state index contributed by atoms with van der Waals surface area (Å²) in [6.45, 7) is 7.85. The van der Waals surface area contributed by atoms with Crippen molar-refractivity contribution >= 4 is 0 Å². The molecule has 2 nitrogen and oxygen atoms in total. The molecule has 1 saturated heterocycles. The predicted octanol–water partition coefficient (Wildman–Crippen LogP) is 3.00. The Balaban J connectivity index is 1.87. The number of hydrogen-bond acceptors (Lipinski definition) is 2. The van der Waals surface area contributed by atoms with Crippen LogP contribution in [0.2, 0.25) is 0 Å². The lowest BCUT2D eigenvalue weighted by molar-refractivity contribution is 0.143. The van der Waals surface area contributed by atoms with E-state index in [2.05, 4.69) is 25.5 Å². The summed E-state index contributed by atoms with van der Waals surface area (Å²) in [5, 5.41) is 0. The second kappa shape index (κ2) is 5.43. The third-order valence-corrected chi connectivity index (χ3v) is 5.18. The number of nitrogens with two attached hydrogens (primary N) is 1. The molecule has 0 amide bonds. The first-order chi connectivity index (χ1) is 8.08. The highest BCUT2D eigenvalue weighted by molar-refractivity contribution is 4.99. The van der Waals surface area contributed by atoms with Crippen molar-refractivity contribution in [1.82, 2.24) is 4.90 Å². The third kappa shape index (κ3) is 3.04. The standard InChI is InChI=1S/C15H28N2/c1-11-10-14(8-9-17(11)3)12(2)13-4-6-15(16)7-5-13/h12-15H,1,4-10,16H2,2-3H3. The minimum Gasteiger partial charge on any atom is -0.378 e. The number of allylic oxidation sites excluding steroid dienone is 1. The van der Waals surface area contributed by atoms with Crippen LogP contribution in [0.3, 0.4) is 0 Å². The van der Waals surface area contributed by atoms with E-state index >= 15 is 0 Å². The molecule has 2 N–H and O–H groups in total. The number of nitrogens with zero attached hydrogens (tertiary/aromatic N) is 1. The van der Waals surface area contributed by atoms with E-state index in [9.17, 15) is 0 Å². The highest BCUT2D eigenvalue weighted by atomic mass is 15.1. The zero-order valence-electron chi connectivity index (χ0n) is 11.5. The molecule has 2 unspecified atom stereocenters. The van der Waals surface area contributed by atoms with Crippen LogP contribution in [0.15, 0.2) is 12.3 Å². The van der Waals surface area contributed by atoms with Crippen LogP contribution >= 0.6 is 0 Å².